The topological polar surface area (TPSA) is 63.4 Å². The third kappa shape index (κ3) is 3.64. The van der Waals surface area contributed by atoms with Gasteiger partial charge in [0.1, 0.15) is 5.52 Å². The SMILES string of the molecule is Cc1ccc2oc(SCC3CCCN(S(C)(=O)=O)C3)nc2c1. The highest BCUT2D eigenvalue weighted by molar-refractivity contribution is 7.99. The summed E-state index contributed by atoms with van der Waals surface area (Å²) >= 11 is 1.57. The van der Waals surface area contributed by atoms with Gasteiger partial charge in [-0.25, -0.2) is 17.7 Å². The van der Waals surface area contributed by atoms with Crippen LogP contribution >= 0.6 is 11.8 Å². The molecular formula is C15H20N2O3S2. The first-order valence-electron chi connectivity index (χ1n) is 7.37. The van der Waals surface area contributed by atoms with Gasteiger partial charge in [0, 0.05) is 18.8 Å². The van der Waals surface area contributed by atoms with Gasteiger partial charge in [0.2, 0.25) is 10.0 Å². The Bertz CT molecular complexity index is 770. The zero-order valence-electron chi connectivity index (χ0n) is 12.8. The van der Waals surface area contributed by atoms with Gasteiger partial charge in [0.05, 0.1) is 6.26 Å². The maximum atomic E-state index is 11.6. The number of oxazole rings is 1. The Morgan fingerprint density at radius 3 is 3.05 bits per heavy atom. The summed E-state index contributed by atoms with van der Waals surface area (Å²) in [6, 6.07) is 5.95. The van der Waals surface area contributed by atoms with Crippen LogP contribution in [-0.4, -0.2) is 42.8 Å². The molecule has 1 aromatic carbocycles. The molecule has 0 aliphatic carbocycles. The number of aryl methyl sites for hydroxylation is 1. The van der Waals surface area contributed by atoms with Crippen molar-refractivity contribution in [3.63, 3.8) is 0 Å². The van der Waals surface area contributed by atoms with E-state index in [1.165, 1.54) is 6.26 Å². The van der Waals surface area contributed by atoms with Gasteiger partial charge in [0.15, 0.2) is 5.58 Å². The van der Waals surface area contributed by atoms with E-state index in [0.717, 1.165) is 35.3 Å². The molecule has 1 fully saturated rings. The fraction of sp³-hybridized carbons (Fsp3) is 0.533. The Labute approximate surface area is 135 Å². The lowest BCUT2D eigenvalue weighted by Gasteiger charge is -2.30. The normalized spacial score (nSPS) is 20.5. The highest BCUT2D eigenvalue weighted by atomic mass is 32.2. The first kappa shape index (κ1) is 15.8. The molecule has 0 bridgehead atoms. The number of benzene rings is 1. The molecule has 120 valence electrons. The molecule has 2 aromatic rings. The Morgan fingerprint density at radius 2 is 2.27 bits per heavy atom. The van der Waals surface area contributed by atoms with Crippen LogP contribution in [0.1, 0.15) is 18.4 Å². The molecule has 7 heteroatoms. The van der Waals surface area contributed by atoms with Gasteiger partial charge in [-0.2, -0.15) is 0 Å². The molecule has 22 heavy (non-hydrogen) atoms. The lowest BCUT2D eigenvalue weighted by Crippen LogP contribution is -2.39. The first-order chi connectivity index (χ1) is 10.4. The molecule has 1 aromatic heterocycles. The number of rotatable bonds is 4. The summed E-state index contributed by atoms with van der Waals surface area (Å²) in [5.74, 6) is 1.18. The summed E-state index contributed by atoms with van der Waals surface area (Å²) in [7, 11) is -3.08. The molecule has 1 unspecified atom stereocenters. The van der Waals surface area contributed by atoms with Crippen LogP contribution in [-0.2, 0) is 10.0 Å². The zero-order chi connectivity index (χ0) is 15.7. The predicted molar refractivity (Wildman–Crippen MR) is 88.6 cm³/mol. The van der Waals surface area contributed by atoms with Crippen molar-refractivity contribution in [2.75, 3.05) is 25.1 Å². The number of piperidine rings is 1. The van der Waals surface area contributed by atoms with E-state index in [4.69, 9.17) is 4.42 Å². The molecule has 0 radical (unpaired) electrons. The third-order valence-corrected chi connectivity index (χ3v) is 6.25. The van der Waals surface area contributed by atoms with E-state index in [2.05, 4.69) is 4.98 Å². The number of sulfonamides is 1. The van der Waals surface area contributed by atoms with Gasteiger partial charge in [-0.1, -0.05) is 17.8 Å². The predicted octanol–water partition coefficient (Wildman–Crippen LogP) is 2.90. The molecule has 1 saturated heterocycles. The molecule has 5 nitrogen and oxygen atoms in total. The van der Waals surface area contributed by atoms with Crippen LogP contribution < -0.4 is 0 Å². The van der Waals surface area contributed by atoms with Gasteiger partial charge < -0.3 is 4.42 Å². The van der Waals surface area contributed by atoms with E-state index in [1.54, 1.807) is 16.1 Å². The summed E-state index contributed by atoms with van der Waals surface area (Å²) < 4.78 is 30.6. The smallest absolute Gasteiger partial charge is 0.256 e. The van der Waals surface area contributed by atoms with Crippen molar-refractivity contribution in [2.24, 2.45) is 5.92 Å². The minimum atomic E-state index is -3.08. The van der Waals surface area contributed by atoms with Gasteiger partial charge >= 0.3 is 0 Å². The number of hydrogen-bond donors (Lipinski definition) is 0. The third-order valence-electron chi connectivity index (χ3n) is 3.92. The second kappa shape index (κ2) is 6.22. The monoisotopic (exact) mass is 340 g/mol. The van der Waals surface area contributed by atoms with E-state index >= 15 is 0 Å². The summed E-state index contributed by atoms with van der Waals surface area (Å²) in [6.07, 6.45) is 3.26. The van der Waals surface area contributed by atoms with Gasteiger partial charge in [-0.15, -0.1) is 0 Å². The van der Waals surface area contributed by atoms with Crippen molar-refractivity contribution < 1.29 is 12.8 Å². The van der Waals surface area contributed by atoms with E-state index in [9.17, 15) is 8.42 Å². The van der Waals surface area contributed by atoms with Crippen molar-refractivity contribution in [1.82, 2.24) is 9.29 Å². The largest absolute Gasteiger partial charge is 0.431 e. The standard InChI is InChI=1S/C15H20N2O3S2/c1-11-5-6-14-13(8-11)16-15(20-14)21-10-12-4-3-7-17(9-12)22(2,18)19/h5-6,8,12H,3-4,7,9-10H2,1-2H3. The Morgan fingerprint density at radius 1 is 1.45 bits per heavy atom. The lowest BCUT2D eigenvalue weighted by atomic mass is 10.0. The second-order valence-electron chi connectivity index (χ2n) is 5.89. The van der Waals surface area contributed by atoms with E-state index in [-0.39, 0.29) is 0 Å². The minimum absolute atomic E-state index is 0.352. The number of fused-ring (bicyclic) bond motifs is 1. The molecule has 1 aliphatic rings. The average Bonchev–Trinajstić information content (AvgIpc) is 2.86. The fourth-order valence-corrected chi connectivity index (χ4v) is 4.64. The first-order valence-corrected chi connectivity index (χ1v) is 10.2. The molecule has 0 amide bonds. The quantitative estimate of drug-likeness (QED) is 0.801. The number of aromatic nitrogens is 1. The zero-order valence-corrected chi connectivity index (χ0v) is 14.4. The maximum Gasteiger partial charge on any atom is 0.256 e. The van der Waals surface area contributed by atoms with Crippen molar-refractivity contribution in [3.8, 4) is 0 Å². The van der Waals surface area contributed by atoms with Gasteiger partial charge in [0.25, 0.3) is 5.22 Å². The van der Waals surface area contributed by atoms with E-state index < -0.39 is 10.0 Å². The van der Waals surface area contributed by atoms with Crippen LogP contribution in [0.3, 0.4) is 0 Å². The van der Waals surface area contributed by atoms with Crippen molar-refractivity contribution in [2.45, 2.75) is 25.0 Å². The molecule has 0 spiro atoms. The van der Waals surface area contributed by atoms with Crippen LogP contribution in [0.5, 0.6) is 0 Å². The maximum absolute atomic E-state index is 11.6. The average molecular weight is 340 g/mol. The van der Waals surface area contributed by atoms with Crippen LogP contribution in [0.2, 0.25) is 0 Å². The lowest BCUT2D eigenvalue weighted by molar-refractivity contribution is 0.286. The number of hydrogen-bond acceptors (Lipinski definition) is 5. The van der Waals surface area contributed by atoms with Crippen LogP contribution in [0.25, 0.3) is 11.1 Å². The Balaban J connectivity index is 1.63. The highest BCUT2D eigenvalue weighted by Crippen LogP contribution is 2.28. The molecule has 0 N–H and O–H groups in total. The summed E-state index contributed by atoms with van der Waals surface area (Å²) in [6.45, 7) is 3.27. The molecule has 3 rings (SSSR count). The number of thioether (sulfide) groups is 1. The Hall–Kier alpha value is -1.05. The molecule has 1 atom stereocenters. The molecule has 1 aliphatic heterocycles. The van der Waals surface area contributed by atoms with Crippen molar-refractivity contribution in [3.05, 3.63) is 23.8 Å². The summed E-state index contributed by atoms with van der Waals surface area (Å²) in [4.78, 5) is 4.49. The minimum Gasteiger partial charge on any atom is -0.431 e. The van der Waals surface area contributed by atoms with E-state index in [1.807, 2.05) is 25.1 Å². The van der Waals surface area contributed by atoms with Crippen molar-refractivity contribution >= 4 is 32.9 Å². The van der Waals surface area contributed by atoms with Crippen molar-refractivity contribution in [1.29, 1.82) is 0 Å². The number of nitrogens with zero attached hydrogens (tertiary/aromatic N) is 2. The van der Waals surface area contributed by atoms with Gasteiger partial charge in [-0.3, -0.25) is 0 Å². The van der Waals surface area contributed by atoms with Crippen LogP contribution in [0, 0.1) is 12.8 Å². The second-order valence-corrected chi connectivity index (χ2v) is 8.84. The molecule has 2 heterocycles. The fourth-order valence-electron chi connectivity index (χ4n) is 2.73. The van der Waals surface area contributed by atoms with Gasteiger partial charge in [-0.05, 0) is 43.4 Å². The molecule has 0 saturated carbocycles. The van der Waals surface area contributed by atoms with E-state index in [0.29, 0.717) is 24.2 Å². The summed E-state index contributed by atoms with van der Waals surface area (Å²) in [5, 5.41) is 0.664. The van der Waals surface area contributed by atoms with Crippen LogP contribution in [0.4, 0.5) is 0 Å². The summed E-state index contributed by atoms with van der Waals surface area (Å²) in [5.41, 5.74) is 2.84. The highest BCUT2D eigenvalue weighted by Gasteiger charge is 2.26. The Kier molecular flexibility index (Phi) is 4.47. The molecular weight excluding hydrogens is 320 g/mol. The van der Waals surface area contributed by atoms with Crippen LogP contribution in [0.15, 0.2) is 27.8 Å².